The van der Waals surface area contributed by atoms with Crippen molar-refractivity contribution < 1.29 is 0 Å². The van der Waals surface area contributed by atoms with E-state index in [1.807, 2.05) is 19.1 Å². The van der Waals surface area contributed by atoms with Crippen LogP contribution in [0.3, 0.4) is 0 Å². The summed E-state index contributed by atoms with van der Waals surface area (Å²) in [5.41, 5.74) is 7.92. The van der Waals surface area contributed by atoms with Gasteiger partial charge in [0, 0.05) is 18.8 Å². The molecule has 0 aliphatic carbocycles. The summed E-state index contributed by atoms with van der Waals surface area (Å²) in [4.78, 5) is 2.48. The third-order valence-electron chi connectivity index (χ3n) is 4.62. The van der Waals surface area contributed by atoms with Crippen LogP contribution in [0.2, 0.25) is 0 Å². The second-order valence-electron chi connectivity index (χ2n) is 6.45. The first-order valence-electron chi connectivity index (χ1n) is 8.92. The molecule has 0 spiro atoms. The minimum absolute atomic E-state index is 0.648. The Bertz CT molecular complexity index is 746. The number of nitrogens with zero attached hydrogens (tertiary/aromatic N) is 3. The molecular weight excluding hydrogens is 308 g/mol. The fourth-order valence-electron chi connectivity index (χ4n) is 3.07. The first-order chi connectivity index (χ1) is 12.3. The number of benzene rings is 2. The first kappa shape index (κ1) is 17.0. The summed E-state index contributed by atoms with van der Waals surface area (Å²) in [6.45, 7) is 4.32. The average Bonchev–Trinajstić information content (AvgIpc) is 2.96. The molecule has 1 saturated heterocycles. The van der Waals surface area contributed by atoms with Crippen molar-refractivity contribution in [3.63, 3.8) is 0 Å². The molecule has 2 aromatic carbocycles. The van der Waals surface area contributed by atoms with Crippen molar-refractivity contribution in [3.05, 3.63) is 59.7 Å². The lowest BCUT2D eigenvalue weighted by molar-refractivity contribution is 0.726. The van der Waals surface area contributed by atoms with Gasteiger partial charge in [0.05, 0.1) is 23.0 Å². The fraction of sp³-hybridized carbons (Fsp3) is 0.333. The van der Waals surface area contributed by atoms with Gasteiger partial charge in [-0.3, -0.25) is 5.43 Å². The molecule has 2 aromatic rings. The maximum Gasteiger partial charge on any atom is 0.0991 e. The number of anilines is 2. The number of hydrazone groups is 1. The Balaban J connectivity index is 1.65. The zero-order chi connectivity index (χ0) is 17.5. The van der Waals surface area contributed by atoms with Gasteiger partial charge in [-0.15, -0.1) is 0 Å². The molecule has 0 bridgehead atoms. The normalized spacial score (nSPS) is 15.4. The smallest absolute Gasteiger partial charge is 0.0991 e. The molecule has 0 radical (unpaired) electrons. The Morgan fingerprint density at radius 3 is 2.20 bits per heavy atom. The third kappa shape index (κ3) is 4.60. The molecule has 3 rings (SSSR count). The zero-order valence-corrected chi connectivity index (χ0v) is 14.7. The molecule has 128 valence electrons. The quantitative estimate of drug-likeness (QED) is 0.648. The van der Waals surface area contributed by atoms with Crippen LogP contribution in [-0.2, 0) is 0 Å². The van der Waals surface area contributed by atoms with E-state index in [2.05, 4.69) is 45.8 Å². The van der Waals surface area contributed by atoms with Crippen molar-refractivity contribution in [2.75, 3.05) is 23.4 Å². The fourth-order valence-corrected chi connectivity index (χ4v) is 3.07. The number of nitriles is 1. The number of rotatable bonds is 4. The van der Waals surface area contributed by atoms with Gasteiger partial charge in [0.2, 0.25) is 0 Å². The molecule has 4 nitrogen and oxygen atoms in total. The molecule has 0 atom stereocenters. The van der Waals surface area contributed by atoms with Crippen LogP contribution in [0.5, 0.6) is 0 Å². The molecular formula is C21H24N4. The molecule has 4 heteroatoms. The SMILES string of the molecule is CC(=NNc1ccc(C#N)cc1)c1ccc(N2CCCCCC2)cc1. The topological polar surface area (TPSA) is 51.4 Å². The van der Waals surface area contributed by atoms with Crippen LogP contribution in [0, 0.1) is 11.3 Å². The van der Waals surface area contributed by atoms with Crippen LogP contribution in [0.1, 0.15) is 43.7 Å². The second kappa shape index (κ2) is 8.34. The van der Waals surface area contributed by atoms with Gasteiger partial charge in [0.1, 0.15) is 0 Å². The van der Waals surface area contributed by atoms with Crippen molar-refractivity contribution in [3.8, 4) is 6.07 Å². The van der Waals surface area contributed by atoms with Gasteiger partial charge >= 0.3 is 0 Å². The summed E-state index contributed by atoms with van der Waals surface area (Å²) in [5.74, 6) is 0. The van der Waals surface area contributed by atoms with Gasteiger partial charge in [0.15, 0.2) is 0 Å². The summed E-state index contributed by atoms with van der Waals surface area (Å²) >= 11 is 0. The molecule has 0 amide bonds. The monoisotopic (exact) mass is 332 g/mol. The lowest BCUT2D eigenvalue weighted by atomic mass is 10.1. The van der Waals surface area contributed by atoms with E-state index in [1.54, 1.807) is 12.1 Å². The maximum absolute atomic E-state index is 8.83. The van der Waals surface area contributed by atoms with Gasteiger partial charge < -0.3 is 4.90 Å². The van der Waals surface area contributed by atoms with E-state index >= 15 is 0 Å². The highest BCUT2D eigenvalue weighted by molar-refractivity contribution is 5.99. The van der Waals surface area contributed by atoms with Crippen LogP contribution >= 0.6 is 0 Å². The van der Waals surface area contributed by atoms with E-state index in [1.165, 1.54) is 31.4 Å². The Morgan fingerprint density at radius 1 is 0.960 bits per heavy atom. The molecule has 1 N–H and O–H groups in total. The van der Waals surface area contributed by atoms with Crippen LogP contribution in [0.25, 0.3) is 0 Å². The van der Waals surface area contributed by atoms with E-state index in [9.17, 15) is 0 Å². The standard InChI is InChI=1S/C21H24N4/c1-17(23-24-20-10-6-18(16-22)7-11-20)19-8-12-21(13-9-19)25-14-4-2-3-5-15-25/h6-13,24H,2-5,14-15H2,1H3. The van der Waals surface area contributed by atoms with E-state index in [4.69, 9.17) is 5.26 Å². The van der Waals surface area contributed by atoms with Crippen molar-refractivity contribution in [1.82, 2.24) is 0 Å². The molecule has 0 unspecified atom stereocenters. The Hall–Kier alpha value is -2.80. The molecule has 1 aliphatic rings. The predicted octanol–water partition coefficient (Wildman–Crippen LogP) is 4.77. The van der Waals surface area contributed by atoms with Gasteiger partial charge in [-0.1, -0.05) is 25.0 Å². The Kier molecular flexibility index (Phi) is 5.69. The number of hydrogen-bond acceptors (Lipinski definition) is 4. The Labute approximate surface area is 149 Å². The summed E-state index contributed by atoms with van der Waals surface area (Å²) in [5, 5.41) is 13.3. The van der Waals surface area contributed by atoms with Crippen LogP contribution in [0.15, 0.2) is 53.6 Å². The van der Waals surface area contributed by atoms with Gasteiger partial charge in [0.25, 0.3) is 0 Å². The van der Waals surface area contributed by atoms with E-state index in [0.29, 0.717) is 5.56 Å². The highest BCUT2D eigenvalue weighted by atomic mass is 15.3. The van der Waals surface area contributed by atoms with E-state index < -0.39 is 0 Å². The minimum Gasteiger partial charge on any atom is -0.372 e. The highest BCUT2D eigenvalue weighted by Crippen LogP contribution is 2.20. The van der Waals surface area contributed by atoms with Crippen molar-refractivity contribution >= 4 is 17.1 Å². The summed E-state index contributed by atoms with van der Waals surface area (Å²) < 4.78 is 0. The van der Waals surface area contributed by atoms with Gasteiger partial charge in [-0.2, -0.15) is 10.4 Å². The summed E-state index contributed by atoms with van der Waals surface area (Å²) in [6, 6.07) is 18.1. The molecule has 1 fully saturated rings. The third-order valence-corrected chi connectivity index (χ3v) is 4.62. The zero-order valence-electron chi connectivity index (χ0n) is 14.7. The Morgan fingerprint density at radius 2 is 1.60 bits per heavy atom. The maximum atomic E-state index is 8.83. The number of nitrogens with one attached hydrogen (secondary N) is 1. The molecule has 0 saturated carbocycles. The minimum atomic E-state index is 0.648. The first-order valence-corrected chi connectivity index (χ1v) is 8.92. The van der Waals surface area contributed by atoms with Crippen molar-refractivity contribution in [2.45, 2.75) is 32.6 Å². The summed E-state index contributed by atoms with van der Waals surface area (Å²) in [7, 11) is 0. The van der Waals surface area contributed by atoms with Crippen molar-refractivity contribution in [1.29, 1.82) is 5.26 Å². The van der Waals surface area contributed by atoms with Gasteiger partial charge in [-0.25, -0.2) is 0 Å². The van der Waals surface area contributed by atoms with E-state index in [0.717, 1.165) is 30.1 Å². The van der Waals surface area contributed by atoms with Crippen molar-refractivity contribution in [2.24, 2.45) is 5.10 Å². The molecule has 1 heterocycles. The lowest BCUT2D eigenvalue weighted by Gasteiger charge is -2.22. The molecule has 0 aromatic heterocycles. The lowest BCUT2D eigenvalue weighted by Crippen LogP contribution is -2.23. The predicted molar refractivity (Wildman–Crippen MR) is 104 cm³/mol. The largest absolute Gasteiger partial charge is 0.372 e. The molecule has 25 heavy (non-hydrogen) atoms. The van der Waals surface area contributed by atoms with E-state index in [-0.39, 0.29) is 0 Å². The average molecular weight is 332 g/mol. The van der Waals surface area contributed by atoms with Crippen LogP contribution in [0.4, 0.5) is 11.4 Å². The summed E-state index contributed by atoms with van der Waals surface area (Å²) in [6.07, 6.45) is 5.27. The number of hydrogen-bond donors (Lipinski definition) is 1. The second-order valence-corrected chi connectivity index (χ2v) is 6.45. The molecule has 1 aliphatic heterocycles. The van der Waals surface area contributed by atoms with Gasteiger partial charge in [-0.05, 0) is 61.7 Å². The van der Waals surface area contributed by atoms with Crippen LogP contribution < -0.4 is 10.3 Å². The highest BCUT2D eigenvalue weighted by Gasteiger charge is 2.09. The van der Waals surface area contributed by atoms with Crippen LogP contribution in [-0.4, -0.2) is 18.8 Å².